The second kappa shape index (κ2) is 10.2. The molecule has 0 aromatic rings. The van der Waals surface area contributed by atoms with Gasteiger partial charge in [0, 0.05) is 17.0 Å². The molecule has 0 aromatic heterocycles. The Hall–Kier alpha value is 0.270. The minimum Gasteiger partial charge on any atom is -0.396 e. The van der Waals surface area contributed by atoms with Crippen LogP contribution in [0.4, 0.5) is 0 Å². The maximum Gasteiger partial charge on any atom is 0.0521 e. The normalized spacial score (nSPS) is 29.3. The van der Waals surface area contributed by atoms with Gasteiger partial charge in [-0.3, -0.25) is 0 Å². The van der Waals surface area contributed by atoms with Gasteiger partial charge in [-0.15, -0.1) is 0 Å². The van der Waals surface area contributed by atoms with Gasteiger partial charge in [0.25, 0.3) is 0 Å². The number of nitrogens with two attached hydrogens (primary N) is 1. The van der Waals surface area contributed by atoms with Gasteiger partial charge in [-0.25, -0.2) is 0 Å². The van der Waals surface area contributed by atoms with Gasteiger partial charge >= 0.3 is 0 Å². The monoisotopic (exact) mass is 259 g/mol. The lowest BCUT2D eigenvalue weighted by Crippen LogP contribution is -2.33. The molecule has 0 amide bonds. The summed E-state index contributed by atoms with van der Waals surface area (Å²) in [7, 11) is 0. The van der Waals surface area contributed by atoms with Crippen molar-refractivity contribution in [1.82, 2.24) is 0 Å². The number of hydrogen-bond acceptors (Lipinski definition) is 3. The quantitative estimate of drug-likeness (QED) is 0.817. The van der Waals surface area contributed by atoms with Crippen molar-refractivity contribution in [1.29, 1.82) is 0 Å². The molecule has 1 fully saturated rings. The van der Waals surface area contributed by atoms with Gasteiger partial charge in [-0.05, 0) is 12.8 Å². The summed E-state index contributed by atoms with van der Waals surface area (Å²) < 4.78 is 0. The molecule has 0 bridgehead atoms. The van der Waals surface area contributed by atoms with Crippen molar-refractivity contribution in [2.75, 3.05) is 12.4 Å². The van der Waals surface area contributed by atoms with Gasteiger partial charge in [-0.2, -0.15) is 11.8 Å². The highest BCUT2D eigenvalue weighted by molar-refractivity contribution is 7.99. The molecule has 1 rings (SSSR count). The Morgan fingerprint density at radius 2 is 1.41 bits per heavy atom. The van der Waals surface area contributed by atoms with E-state index in [0.29, 0.717) is 11.3 Å². The van der Waals surface area contributed by atoms with Crippen LogP contribution < -0.4 is 5.73 Å². The first-order valence-electron chi connectivity index (χ1n) is 7.32. The summed E-state index contributed by atoms with van der Waals surface area (Å²) in [5, 5.41) is 9.50. The molecule has 1 aliphatic rings. The van der Waals surface area contributed by atoms with Crippen molar-refractivity contribution in [3.05, 3.63) is 0 Å². The van der Waals surface area contributed by atoms with Crippen LogP contribution in [-0.2, 0) is 0 Å². The van der Waals surface area contributed by atoms with Gasteiger partial charge in [0.1, 0.15) is 0 Å². The van der Waals surface area contributed by atoms with E-state index in [2.05, 4.69) is 0 Å². The highest BCUT2D eigenvalue weighted by Crippen LogP contribution is 2.24. The van der Waals surface area contributed by atoms with E-state index in [1.807, 2.05) is 11.8 Å². The Bertz CT molecular complexity index is 178. The first-order valence-corrected chi connectivity index (χ1v) is 8.37. The molecule has 0 heterocycles. The van der Waals surface area contributed by atoms with Gasteiger partial charge < -0.3 is 10.8 Å². The predicted molar refractivity (Wildman–Crippen MR) is 77.5 cm³/mol. The van der Waals surface area contributed by atoms with Gasteiger partial charge in [0.05, 0.1) is 6.61 Å². The fourth-order valence-corrected chi connectivity index (χ4v) is 3.72. The Labute approximate surface area is 111 Å². The zero-order valence-corrected chi connectivity index (χ0v) is 11.9. The van der Waals surface area contributed by atoms with E-state index in [0.717, 1.165) is 5.75 Å². The van der Waals surface area contributed by atoms with E-state index in [4.69, 9.17) is 10.8 Å². The number of thioether (sulfide) groups is 1. The number of aliphatic hydroxyl groups excluding tert-OH is 1. The average Bonchev–Trinajstić information content (AvgIpc) is 2.33. The minimum atomic E-state index is 0.286. The van der Waals surface area contributed by atoms with Gasteiger partial charge in [-0.1, -0.05) is 51.4 Å². The highest BCUT2D eigenvalue weighted by Gasteiger charge is 2.17. The topological polar surface area (TPSA) is 46.2 Å². The van der Waals surface area contributed by atoms with Crippen molar-refractivity contribution in [2.24, 2.45) is 5.73 Å². The average molecular weight is 259 g/mol. The van der Waals surface area contributed by atoms with Crippen LogP contribution in [0.5, 0.6) is 0 Å². The summed E-state index contributed by atoms with van der Waals surface area (Å²) in [6.45, 7) is 0.286. The maximum absolute atomic E-state index is 8.93. The third-order valence-corrected chi connectivity index (χ3v) is 5.11. The predicted octanol–water partition coefficient (Wildman–Crippen LogP) is 3.32. The van der Waals surface area contributed by atoms with Crippen LogP contribution in [0.15, 0.2) is 0 Å². The molecule has 0 saturated heterocycles. The first kappa shape index (κ1) is 15.3. The van der Waals surface area contributed by atoms with Crippen LogP contribution >= 0.6 is 11.8 Å². The molecule has 2 nitrogen and oxygen atoms in total. The first-order chi connectivity index (χ1) is 8.34. The summed E-state index contributed by atoms with van der Waals surface area (Å²) in [5.74, 6) is 0.846. The third-order valence-electron chi connectivity index (χ3n) is 3.68. The molecule has 2 atom stereocenters. The Morgan fingerprint density at radius 1 is 0.882 bits per heavy atom. The van der Waals surface area contributed by atoms with Gasteiger partial charge in [0.15, 0.2) is 0 Å². The third kappa shape index (κ3) is 7.32. The Balaban J connectivity index is 2.33. The maximum atomic E-state index is 8.93. The molecule has 2 unspecified atom stereocenters. The van der Waals surface area contributed by atoms with Crippen LogP contribution in [0.25, 0.3) is 0 Å². The van der Waals surface area contributed by atoms with Crippen LogP contribution in [0.1, 0.15) is 64.2 Å². The summed E-state index contributed by atoms with van der Waals surface area (Å²) in [5.41, 5.74) is 6.30. The van der Waals surface area contributed by atoms with E-state index in [-0.39, 0.29) is 6.61 Å². The molecule has 3 heteroatoms. The van der Waals surface area contributed by atoms with E-state index in [1.54, 1.807) is 0 Å². The number of rotatable bonds is 3. The molecule has 102 valence electrons. The Kier molecular flexibility index (Phi) is 9.21. The summed E-state index contributed by atoms with van der Waals surface area (Å²) in [6, 6.07) is 0.339. The molecule has 1 saturated carbocycles. The largest absolute Gasteiger partial charge is 0.396 e. The molecule has 0 aliphatic heterocycles. The van der Waals surface area contributed by atoms with Crippen molar-refractivity contribution in [2.45, 2.75) is 75.5 Å². The van der Waals surface area contributed by atoms with E-state index in [9.17, 15) is 0 Å². The molecule has 17 heavy (non-hydrogen) atoms. The second-order valence-corrected chi connectivity index (χ2v) is 6.55. The molecule has 0 radical (unpaired) electrons. The molecule has 1 aliphatic carbocycles. The van der Waals surface area contributed by atoms with Crippen LogP contribution in [0.3, 0.4) is 0 Å². The lowest BCUT2D eigenvalue weighted by molar-refractivity contribution is 0.322. The summed E-state index contributed by atoms with van der Waals surface area (Å²) >= 11 is 1.88. The molecular weight excluding hydrogens is 230 g/mol. The molecular formula is C14H29NOS. The SMILES string of the molecule is NC1CCCCCCCCCCC1SCCO. The smallest absolute Gasteiger partial charge is 0.0521 e. The van der Waals surface area contributed by atoms with Gasteiger partial charge in [0.2, 0.25) is 0 Å². The van der Waals surface area contributed by atoms with Crippen molar-refractivity contribution >= 4 is 11.8 Å². The van der Waals surface area contributed by atoms with E-state index in [1.165, 1.54) is 64.2 Å². The second-order valence-electron chi connectivity index (χ2n) is 5.20. The van der Waals surface area contributed by atoms with Crippen molar-refractivity contribution < 1.29 is 5.11 Å². The fourth-order valence-electron chi connectivity index (χ4n) is 2.60. The van der Waals surface area contributed by atoms with Crippen LogP contribution in [0, 0.1) is 0 Å². The lowest BCUT2D eigenvalue weighted by Gasteiger charge is -2.24. The summed E-state index contributed by atoms with van der Waals surface area (Å²) in [4.78, 5) is 0. The lowest BCUT2D eigenvalue weighted by atomic mass is 9.98. The van der Waals surface area contributed by atoms with Crippen LogP contribution in [0.2, 0.25) is 0 Å². The van der Waals surface area contributed by atoms with E-state index < -0.39 is 0 Å². The molecule has 3 N–H and O–H groups in total. The van der Waals surface area contributed by atoms with Crippen molar-refractivity contribution in [3.8, 4) is 0 Å². The number of hydrogen-bond donors (Lipinski definition) is 2. The van der Waals surface area contributed by atoms with E-state index >= 15 is 0 Å². The molecule has 0 spiro atoms. The molecule has 0 aromatic carbocycles. The Morgan fingerprint density at radius 3 is 2.00 bits per heavy atom. The zero-order chi connectivity index (χ0) is 12.3. The standard InChI is InChI=1S/C14H29NOS/c15-13-9-7-5-3-1-2-4-6-8-10-14(13)17-12-11-16/h13-14,16H,1-12,15H2. The van der Waals surface area contributed by atoms with Crippen LogP contribution in [-0.4, -0.2) is 28.8 Å². The van der Waals surface area contributed by atoms with Crippen molar-refractivity contribution in [3.63, 3.8) is 0 Å². The zero-order valence-electron chi connectivity index (χ0n) is 11.1. The fraction of sp³-hybridized carbons (Fsp3) is 1.00. The number of aliphatic hydroxyl groups is 1. The highest BCUT2D eigenvalue weighted by atomic mass is 32.2. The minimum absolute atomic E-state index is 0.286. The summed E-state index contributed by atoms with van der Waals surface area (Å²) in [6.07, 6.45) is 13.4.